The third-order valence-electron chi connectivity index (χ3n) is 6.24. The molecule has 1 aliphatic carbocycles. The summed E-state index contributed by atoms with van der Waals surface area (Å²) in [6.45, 7) is 1.89. The molecule has 0 saturated heterocycles. The maximum Gasteiger partial charge on any atom is 0.250 e. The van der Waals surface area contributed by atoms with Crippen molar-refractivity contribution < 1.29 is 18.4 Å². The molecule has 0 aliphatic heterocycles. The van der Waals surface area contributed by atoms with Crippen molar-refractivity contribution >= 4 is 23.2 Å². The summed E-state index contributed by atoms with van der Waals surface area (Å²) in [5, 5.41) is 17.5. The Kier molecular flexibility index (Phi) is 7.26. The van der Waals surface area contributed by atoms with Crippen LogP contribution in [0.5, 0.6) is 0 Å². The van der Waals surface area contributed by atoms with E-state index in [0.29, 0.717) is 17.3 Å². The molecule has 188 valence electrons. The Labute approximate surface area is 212 Å². The Hall–Kier alpha value is -3.73. The average molecular weight is 509 g/mol. The Bertz CT molecular complexity index is 1270. The lowest BCUT2D eigenvalue weighted by atomic mass is 9.95. The molecule has 1 N–H and O–H groups in total. The van der Waals surface area contributed by atoms with Crippen molar-refractivity contribution in [3.05, 3.63) is 64.4 Å². The van der Waals surface area contributed by atoms with Crippen molar-refractivity contribution in [2.75, 3.05) is 0 Å². The van der Waals surface area contributed by atoms with Crippen LogP contribution in [0, 0.1) is 6.92 Å². The van der Waals surface area contributed by atoms with E-state index in [2.05, 4.69) is 20.7 Å². The standard InChI is InChI=1S/C25H28N6O4S/c1-17-11-12-21(35-17)24-27-29-31(28-24)16-22(32)30(15-19-9-6-14-36-19)23(20-10-5-13-34-20)25(33)26-18-7-3-2-4-8-18/h5-6,9-14,18,23H,2-4,7-8,15-16H2,1H3,(H,26,33)/t23-/m1/s1. The van der Waals surface area contributed by atoms with Gasteiger partial charge in [0.1, 0.15) is 18.1 Å². The first-order valence-electron chi connectivity index (χ1n) is 12.1. The Morgan fingerprint density at radius 1 is 1.19 bits per heavy atom. The van der Waals surface area contributed by atoms with Gasteiger partial charge in [0.25, 0.3) is 5.91 Å². The van der Waals surface area contributed by atoms with Crippen molar-refractivity contribution in [2.24, 2.45) is 0 Å². The van der Waals surface area contributed by atoms with Gasteiger partial charge in [0.05, 0.1) is 12.8 Å². The first-order valence-corrected chi connectivity index (χ1v) is 12.9. The second-order valence-electron chi connectivity index (χ2n) is 8.92. The molecule has 1 aliphatic rings. The zero-order valence-electron chi connectivity index (χ0n) is 20.0. The molecule has 1 fully saturated rings. The predicted molar refractivity (Wildman–Crippen MR) is 132 cm³/mol. The van der Waals surface area contributed by atoms with Crippen LogP contribution in [-0.4, -0.2) is 43.0 Å². The number of aromatic nitrogens is 4. The lowest BCUT2D eigenvalue weighted by Crippen LogP contribution is -2.47. The fourth-order valence-electron chi connectivity index (χ4n) is 4.47. The molecular weight excluding hydrogens is 480 g/mol. The van der Waals surface area contributed by atoms with Crippen LogP contribution in [0.1, 0.15) is 54.5 Å². The van der Waals surface area contributed by atoms with Crippen LogP contribution < -0.4 is 5.32 Å². The number of amides is 2. The fourth-order valence-corrected chi connectivity index (χ4v) is 5.17. The summed E-state index contributed by atoms with van der Waals surface area (Å²) in [4.78, 5) is 31.0. The van der Waals surface area contributed by atoms with E-state index in [1.807, 2.05) is 30.5 Å². The zero-order chi connectivity index (χ0) is 24.9. The second-order valence-corrected chi connectivity index (χ2v) is 9.95. The number of nitrogens with one attached hydrogen (secondary N) is 1. The van der Waals surface area contributed by atoms with Gasteiger partial charge < -0.3 is 19.1 Å². The van der Waals surface area contributed by atoms with Crippen LogP contribution in [0.3, 0.4) is 0 Å². The van der Waals surface area contributed by atoms with Gasteiger partial charge in [-0.2, -0.15) is 4.80 Å². The van der Waals surface area contributed by atoms with E-state index in [1.165, 1.54) is 33.7 Å². The summed E-state index contributed by atoms with van der Waals surface area (Å²) < 4.78 is 11.2. The van der Waals surface area contributed by atoms with Crippen LogP contribution in [-0.2, 0) is 22.7 Å². The van der Waals surface area contributed by atoms with Gasteiger partial charge in [0.2, 0.25) is 11.7 Å². The summed E-state index contributed by atoms with van der Waals surface area (Å²) >= 11 is 1.52. The molecule has 5 rings (SSSR count). The number of carbonyl (C=O) groups is 2. The minimum Gasteiger partial charge on any atom is -0.467 e. The van der Waals surface area contributed by atoms with Crippen molar-refractivity contribution in [1.82, 2.24) is 30.4 Å². The molecule has 1 atom stereocenters. The number of thiophene rings is 1. The number of carbonyl (C=O) groups excluding carboxylic acids is 2. The van der Waals surface area contributed by atoms with Gasteiger partial charge in [-0.05, 0) is 60.7 Å². The summed E-state index contributed by atoms with van der Waals surface area (Å²) in [6, 6.07) is 10.0. The minimum atomic E-state index is -0.924. The first-order chi connectivity index (χ1) is 17.6. The predicted octanol–water partition coefficient (Wildman–Crippen LogP) is 4.12. The van der Waals surface area contributed by atoms with Crippen molar-refractivity contribution in [2.45, 2.75) is 64.2 Å². The van der Waals surface area contributed by atoms with Crippen molar-refractivity contribution in [1.29, 1.82) is 0 Å². The average Bonchev–Trinajstić information content (AvgIpc) is 3.68. The summed E-state index contributed by atoms with van der Waals surface area (Å²) in [6.07, 6.45) is 6.75. The molecule has 0 unspecified atom stereocenters. The molecule has 0 bridgehead atoms. The number of tetrazole rings is 1. The molecule has 4 aromatic heterocycles. The van der Waals surface area contributed by atoms with E-state index in [-0.39, 0.29) is 30.9 Å². The summed E-state index contributed by atoms with van der Waals surface area (Å²) in [5.41, 5.74) is 0. The van der Waals surface area contributed by atoms with Gasteiger partial charge in [-0.25, -0.2) is 0 Å². The quantitative estimate of drug-likeness (QED) is 0.361. The summed E-state index contributed by atoms with van der Waals surface area (Å²) in [5.74, 6) is 1.32. The monoisotopic (exact) mass is 508 g/mol. The second kappa shape index (κ2) is 10.9. The molecule has 4 heterocycles. The lowest BCUT2D eigenvalue weighted by Gasteiger charge is -2.31. The van der Waals surface area contributed by atoms with E-state index in [9.17, 15) is 9.59 Å². The molecule has 0 aromatic carbocycles. The fraction of sp³-hybridized carbons (Fsp3) is 0.400. The summed E-state index contributed by atoms with van der Waals surface area (Å²) in [7, 11) is 0. The van der Waals surface area contributed by atoms with Gasteiger partial charge in [-0.3, -0.25) is 9.59 Å². The van der Waals surface area contributed by atoms with Gasteiger partial charge in [0.15, 0.2) is 11.8 Å². The number of nitrogens with zero attached hydrogens (tertiary/aromatic N) is 5. The molecule has 0 radical (unpaired) electrons. The molecule has 4 aromatic rings. The third-order valence-corrected chi connectivity index (χ3v) is 7.10. The molecule has 36 heavy (non-hydrogen) atoms. The van der Waals surface area contributed by atoms with Crippen LogP contribution in [0.4, 0.5) is 0 Å². The largest absolute Gasteiger partial charge is 0.467 e. The molecule has 10 nitrogen and oxygen atoms in total. The van der Waals surface area contributed by atoms with Crippen LogP contribution in [0.25, 0.3) is 11.6 Å². The topological polar surface area (TPSA) is 119 Å². The highest BCUT2D eigenvalue weighted by molar-refractivity contribution is 7.09. The highest BCUT2D eigenvalue weighted by atomic mass is 32.1. The SMILES string of the molecule is Cc1ccc(-c2nnn(CC(=O)N(Cc3cccs3)[C@@H](C(=O)NC3CCCCC3)c3ccco3)n2)o1. The highest BCUT2D eigenvalue weighted by Crippen LogP contribution is 2.27. The van der Waals surface area contributed by atoms with E-state index in [0.717, 1.165) is 36.3 Å². The number of rotatable bonds is 9. The Balaban J connectivity index is 1.40. The van der Waals surface area contributed by atoms with E-state index in [4.69, 9.17) is 8.83 Å². The molecule has 1 saturated carbocycles. The number of hydrogen-bond donors (Lipinski definition) is 1. The van der Waals surface area contributed by atoms with Gasteiger partial charge >= 0.3 is 0 Å². The normalized spacial score (nSPS) is 15.0. The maximum atomic E-state index is 13.7. The number of aryl methyl sites for hydroxylation is 1. The molecule has 11 heteroatoms. The Morgan fingerprint density at radius 3 is 2.75 bits per heavy atom. The van der Waals surface area contributed by atoms with E-state index < -0.39 is 6.04 Å². The lowest BCUT2D eigenvalue weighted by molar-refractivity contribution is -0.143. The molecular formula is C25H28N6O4S. The first kappa shape index (κ1) is 24.0. The molecule has 2 amide bonds. The Morgan fingerprint density at radius 2 is 2.06 bits per heavy atom. The van der Waals surface area contributed by atoms with Crippen LogP contribution in [0.2, 0.25) is 0 Å². The zero-order valence-corrected chi connectivity index (χ0v) is 20.8. The van der Waals surface area contributed by atoms with Crippen LogP contribution >= 0.6 is 11.3 Å². The van der Waals surface area contributed by atoms with Gasteiger partial charge in [-0.15, -0.1) is 21.5 Å². The number of furan rings is 2. The number of hydrogen-bond acceptors (Lipinski definition) is 8. The highest BCUT2D eigenvalue weighted by Gasteiger charge is 2.35. The van der Waals surface area contributed by atoms with E-state index >= 15 is 0 Å². The minimum absolute atomic E-state index is 0.0960. The van der Waals surface area contributed by atoms with Crippen molar-refractivity contribution in [3.8, 4) is 11.6 Å². The molecule has 0 spiro atoms. The van der Waals surface area contributed by atoms with E-state index in [1.54, 1.807) is 18.2 Å². The van der Waals surface area contributed by atoms with Crippen LogP contribution in [0.15, 0.2) is 56.9 Å². The van der Waals surface area contributed by atoms with Crippen molar-refractivity contribution in [3.63, 3.8) is 0 Å². The van der Waals surface area contributed by atoms with Gasteiger partial charge in [0, 0.05) is 10.9 Å². The smallest absolute Gasteiger partial charge is 0.250 e. The van der Waals surface area contributed by atoms with Gasteiger partial charge in [-0.1, -0.05) is 25.3 Å². The maximum absolute atomic E-state index is 13.7. The third kappa shape index (κ3) is 5.56.